The van der Waals surface area contributed by atoms with Gasteiger partial charge in [-0.1, -0.05) is 11.6 Å². The fourth-order valence-corrected chi connectivity index (χ4v) is 2.24. The van der Waals surface area contributed by atoms with Crippen molar-refractivity contribution in [2.24, 2.45) is 0 Å². The molecule has 72 valence electrons. The van der Waals surface area contributed by atoms with E-state index in [0.717, 1.165) is 31.4 Å². The van der Waals surface area contributed by atoms with Gasteiger partial charge in [-0.2, -0.15) is 0 Å². The summed E-state index contributed by atoms with van der Waals surface area (Å²) < 4.78 is 6.32. The molecule has 0 radical (unpaired) electrons. The highest BCUT2D eigenvalue weighted by Gasteiger charge is 2.21. The van der Waals surface area contributed by atoms with E-state index >= 15 is 0 Å². The lowest BCUT2D eigenvalue weighted by Gasteiger charge is -2.07. The van der Waals surface area contributed by atoms with E-state index in [1.165, 1.54) is 6.42 Å². The van der Waals surface area contributed by atoms with Crippen LogP contribution < -0.4 is 5.76 Å². The smallest absolute Gasteiger partial charge is 0.296 e. The standard InChI is InChI=1S/C8H13N2O2P/c11-8-10-4-2-1-3-6(5-13)7(10)9-12-8/h6H,1-5,13H2. The van der Waals surface area contributed by atoms with E-state index in [2.05, 4.69) is 18.9 Å². The Labute approximate surface area is 78.5 Å². The van der Waals surface area contributed by atoms with Crippen molar-refractivity contribution in [2.45, 2.75) is 31.7 Å². The summed E-state index contributed by atoms with van der Waals surface area (Å²) in [5, 5.41) is 3.83. The van der Waals surface area contributed by atoms with Crippen LogP contribution in [-0.4, -0.2) is 15.9 Å². The molecule has 2 unspecified atom stereocenters. The molecule has 0 aromatic carbocycles. The van der Waals surface area contributed by atoms with Crippen molar-refractivity contribution in [3.05, 3.63) is 16.4 Å². The molecule has 0 fully saturated rings. The van der Waals surface area contributed by atoms with Crippen LogP contribution >= 0.6 is 9.24 Å². The van der Waals surface area contributed by atoms with Crippen LogP contribution in [0, 0.1) is 0 Å². The van der Waals surface area contributed by atoms with Crippen LogP contribution in [-0.2, 0) is 6.54 Å². The van der Waals surface area contributed by atoms with Gasteiger partial charge in [0, 0.05) is 12.5 Å². The minimum atomic E-state index is -0.305. The molecule has 13 heavy (non-hydrogen) atoms. The lowest BCUT2D eigenvalue weighted by atomic mass is 10.1. The Morgan fingerprint density at radius 1 is 1.62 bits per heavy atom. The Morgan fingerprint density at radius 2 is 2.46 bits per heavy atom. The molecule has 1 aliphatic heterocycles. The zero-order valence-electron chi connectivity index (χ0n) is 7.40. The van der Waals surface area contributed by atoms with Crippen LogP contribution in [0.1, 0.15) is 31.0 Å². The second-order valence-corrected chi connectivity index (χ2v) is 3.86. The van der Waals surface area contributed by atoms with E-state index in [0.29, 0.717) is 5.92 Å². The highest BCUT2D eigenvalue weighted by atomic mass is 31.0. The molecule has 2 heterocycles. The summed E-state index contributed by atoms with van der Waals surface area (Å²) in [6, 6.07) is 0. The summed E-state index contributed by atoms with van der Waals surface area (Å²) >= 11 is 0. The van der Waals surface area contributed by atoms with Gasteiger partial charge in [0.05, 0.1) is 0 Å². The van der Waals surface area contributed by atoms with Gasteiger partial charge in [0.1, 0.15) is 0 Å². The van der Waals surface area contributed by atoms with E-state index in [9.17, 15) is 4.79 Å². The Bertz CT molecular complexity index is 344. The van der Waals surface area contributed by atoms with Crippen LogP contribution in [0.5, 0.6) is 0 Å². The van der Waals surface area contributed by atoms with Crippen molar-refractivity contribution in [1.29, 1.82) is 0 Å². The molecule has 0 spiro atoms. The van der Waals surface area contributed by atoms with Gasteiger partial charge in [-0.3, -0.25) is 9.09 Å². The Kier molecular flexibility index (Phi) is 2.49. The molecule has 1 aliphatic rings. The first-order valence-corrected chi connectivity index (χ1v) is 5.41. The second kappa shape index (κ2) is 3.62. The van der Waals surface area contributed by atoms with Crippen LogP contribution in [0.4, 0.5) is 0 Å². The van der Waals surface area contributed by atoms with Crippen LogP contribution in [0.25, 0.3) is 0 Å². The summed E-state index contributed by atoms with van der Waals surface area (Å²) in [5.41, 5.74) is 0. The van der Waals surface area contributed by atoms with Gasteiger partial charge in [0.25, 0.3) is 0 Å². The van der Waals surface area contributed by atoms with Gasteiger partial charge in [-0.15, -0.1) is 9.24 Å². The third-order valence-corrected chi connectivity index (χ3v) is 3.12. The Hall–Kier alpha value is -0.630. The van der Waals surface area contributed by atoms with Crippen LogP contribution in [0.3, 0.4) is 0 Å². The molecule has 0 aliphatic carbocycles. The van der Waals surface area contributed by atoms with Crippen LogP contribution in [0.2, 0.25) is 0 Å². The predicted octanol–water partition coefficient (Wildman–Crippen LogP) is 0.979. The van der Waals surface area contributed by atoms with Crippen molar-refractivity contribution in [2.75, 3.05) is 6.16 Å². The fraction of sp³-hybridized carbons (Fsp3) is 0.750. The molecular weight excluding hydrogens is 187 g/mol. The van der Waals surface area contributed by atoms with Gasteiger partial charge in [-0.25, -0.2) is 4.79 Å². The normalized spacial score (nSPS) is 22.4. The first-order chi connectivity index (χ1) is 6.33. The van der Waals surface area contributed by atoms with E-state index in [1.807, 2.05) is 0 Å². The van der Waals surface area contributed by atoms with Gasteiger partial charge < -0.3 is 0 Å². The van der Waals surface area contributed by atoms with Gasteiger partial charge in [0.15, 0.2) is 5.82 Å². The number of fused-ring (bicyclic) bond motifs is 1. The summed E-state index contributed by atoms with van der Waals surface area (Å²) in [5.74, 6) is 0.900. The van der Waals surface area contributed by atoms with Crippen molar-refractivity contribution in [3.63, 3.8) is 0 Å². The molecule has 0 N–H and O–H groups in total. The third-order valence-electron chi connectivity index (χ3n) is 2.55. The first kappa shape index (κ1) is 8.95. The summed E-state index contributed by atoms with van der Waals surface area (Å²) in [6.45, 7) is 0.763. The lowest BCUT2D eigenvalue weighted by molar-refractivity contribution is 0.366. The first-order valence-electron chi connectivity index (χ1n) is 4.59. The quantitative estimate of drug-likeness (QED) is 0.635. The second-order valence-electron chi connectivity index (χ2n) is 3.39. The minimum Gasteiger partial charge on any atom is -0.296 e. The van der Waals surface area contributed by atoms with Gasteiger partial charge in [-0.05, 0) is 19.0 Å². The van der Waals surface area contributed by atoms with Crippen molar-refractivity contribution in [1.82, 2.24) is 9.72 Å². The highest BCUT2D eigenvalue weighted by Crippen LogP contribution is 2.25. The van der Waals surface area contributed by atoms with Gasteiger partial charge in [0.2, 0.25) is 0 Å². The summed E-state index contributed by atoms with van der Waals surface area (Å²) in [7, 11) is 2.70. The molecule has 0 bridgehead atoms. The highest BCUT2D eigenvalue weighted by molar-refractivity contribution is 7.16. The molecule has 4 nitrogen and oxygen atoms in total. The number of nitrogens with zero attached hydrogens (tertiary/aromatic N) is 2. The maximum atomic E-state index is 11.2. The molecule has 2 rings (SSSR count). The minimum absolute atomic E-state index is 0.305. The molecular formula is C8H13N2O2P. The summed E-state index contributed by atoms with van der Waals surface area (Å²) in [6.07, 6.45) is 4.28. The Morgan fingerprint density at radius 3 is 3.23 bits per heavy atom. The molecule has 0 saturated heterocycles. The third kappa shape index (κ3) is 1.55. The fourth-order valence-electron chi connectivity index (χ4n) is 1.79. The van der Waals surface area contributed by atoms with Gasteiger partial charge >= 0.3 is 5.76 Å². The van der Waals surface area contributed by atoms with Crippen molar-refractivity contribution >= 4 is 9.24 Å². The number of rotatable bonds is 1. The SMILES string of the molecule is O=c1onc2n1CCCCC2CP. The molecule has 2 atom stereocenters. The molecule has 0 amide bonds. The maximum absolute atomic E-state index is 11.2. The lowest BCUT2D eigenvalue weighted by Crippen LogP contribution is -2.17. The van der Waals surface area contributed by atoms with E-state index in [4.69, 9.17) is 0 Å². The Balaban J connectivity index is 2.42. The van der Waals surface area contributed by atoms with E-state index < -0.39 is 0 Å². The zero-order valence-corrected chi connectivity index (χ0v) is 8.56. The number of aromatic nitrogens is 2. The molecule has 1 aromatic heterocycles. The number of hydrogen-bond donors (Lipinski definition) is 0. The summed E-state index contributed by atoms with van der Waals surface area (Å²) in [4.78, 5) is 11.2. The number of hydrogen-bond acceptors (Lipinski definition) is 3. The van der Waals surface area contributed by atoms with Crippen molar-refractivity contribution in [3.8, 4) is 0 Å². The zero-order chi connectivity index (χ0) is 9.26. The van der Waals surface area contributed by atoms with Crippen LogP contribution in [0.15, 0.2) is 9.32 Å². The monoisotopic (exact) mass is 200 g/mol. The van der Waals surface area contributed by atoms with E-state index in [1.54, 1.807) is 4.57 Å². The van der Waals surface area contributed by atoms with E-state index in [-0.39, 0.29) is 5.76 Å². The topological polar surface area (TPSA) is 48.0 Å². The average Bonchev–Trinajstić information content (AvgIpc) is 2.39. The largest absolute Gasteiger partial charge is 0.441 e. The molecule has 5 heteroatoms. The maximum Gasteiger partial charge on any atom is 0.441 e. The average molecular weight is 200 g/mol. The molecule has 1 aromatic rings. The van der Waals surface area contributed by atoms with Crippen molar-refractivity contribution < 1.29 is 4.52 Å². The predicted molar refractivity (Wildman–Crippen MR) is 51.9 cm³/mol. The molecule has 0 saturated carbocycles.